The van der Waals surface area contributed by atoms with Gasteiger partial charge >= 0.3 is 5.97 Å². The van der Waals surface area contributed by atoms with E-state index in [2.05, 4.69) is 45.1 Å². The summed E-state index contributed by atoms with van der Waals surface area (Å²) in [5, 5.41) is 9.22. The average Bonchev–Trinajstić information content (AvgIpc) is 2.97. The molecule has 0 saturated heterocycles. The van der Waals surface area contributed by atoms with E-state index in [9.17, 15) is 14.7 Å². The van der Waals surface area contributed by atoms with Crippen LogP contribution in [0.1, 0.15) is 33.5 Å². The second-order valence-corrected chi connectivity index (χ2v) is 10.5. The Balaban J connectivity index is 1.41. The van der Waals surface area contributed by atoms with Crippen LogP contribution >= 0.6 is 15.9 Å². The zero-order valence-corrected chi connectivity index (χ0v) is 23.9. The van der Waals surface area contributed by atoms with Crippen LogP contribution in [0.5, 0.6) is 5.75 Å². The van der Waals surface area contributed by atoms with Crippen molar-refractivity contribution < 1.29 is 19.4 Å². The number of ether oxygens (including phenoxy) is 1. The second kappa shape index (κ2) is 15.0. The minimum Gasteiger partial charge on any atom is -0.492 e. The quantitative estimate of drug-likeness (QED) is 0.175. The van der Waals surface area contributed by atoms with E-state index in [-0.39, 0.29) is 18.9 Å². The number of hydrogen-bond acceptors (Lipinski definition) is 4. The van der Waals surface area contributed by atoms with Gasteiger partial charge in [0.05, 0.1) is 6.42 Å². The molecule has 7 heteroatoms. The van der Waals surface area contributed by atoms with Gasteiger partial charge < -0.3 is 14.7 Å². The number of amides is 1. The predicted octanol–water partition coefficient (Wildman–Crippen LogP) is 6.65. The molecule has 0 spiro atoms. The van der Waals surface area contributed by atoms with Gasteiger partial charge in [0.25, 0.3) is 5.91 Å². The molecule has 1 amide bonds. The molecule has 206 valence electrons. The van der Waals surface area contributed by atoms with Crippen molar-refractivity contribution >= 4 is 27.8 Å². The van der Waals surface area contributed by atoms with Gasteiger partial charge in [0.1, 0.15) is 12.4 Å². The Labute approximate surface area is 244 Å². The van der Waals surface area contributed by atoms with E-state index in [4.69, 9.17) is 4.74 Å². The summed E-state index contributed by atoms with van der Waals surface area (Å²) in [6, 6.07) is 35.5. The molecule has 0 fully saturated rings. The molecule has 0 aliphatic carbocycles. The predicted molar refractivity (Wildman–Crippen MR) is 160 cm³/mol. The zero-order chi connectivity index (χ0) is 28.2. The van der Waals surface area contributed by atoms with Gasteiger partial charge in [0.15, 0.2) is 0 Å². The van der Waals surface area contributed by atoms with Gasteiger partial charge in [-0.05, 0) is 47.0 Å². The lowest BCUT2D eigenvalue weighted by atomic mass is 10.1. The molecule has 0 aliphatic rings. The number of halogens is 1. The SMILES string of the molecule is O=C(O)CCN(Cc1ccc(Br)cc1)C(=O)c1cccc(OCCN(Cc2ccccc2)Cc2ccccc2)c1. The molecule has 0 heterocycles. The number of hydrogen-bond donors (Lipinski definition) is 1. The van der Waals surface area contributed by atoms with E-state index >= 15 is 0 Å². The van der Waals surface area contributed by atoms with Crippen molar-refractivity contribution in [2.75, 3.05) is 19.7 Å². The number of carboxylic acid groups (broad SMARTS) is 1. The van der Waals surface area contributed by atoms with Crippen molar-refractivity contribution in [3.05, 3.63) is 136 Å². The smallest absolute Gasteiger partial charge is 0.305 e. The molecule has 0 bridgehead atoms. The zero-order valence-electron chi connectivity index (χ0n) is 22.3. The molecule has 40 heavy (non-hydrogen) atoms. The fourth-order valence-corrected chi connectivity index (χ4v) is 4.65. The Morgan fingerprint density at radius 3 is 1.90 bits per heavy atom. The third-order valence-electron chi connectivity index (χ3n) is 6.42. The third kappa shape index (κ3) is 9.36. The van der Waals surface area contributed by atoms with Crippen molar-refractivity contribution in [3.8, 4) is 5.75 Å². The van der Waals surface area contributed by atoms with Crippen LogP contribution in [0.3, 0.4) is 0 Å². The number of benzene rings is 4. The molecule has 0 unspecified atom stereocenters. The number of aliphatic carboxylic acids is 1. The fraction of sp³-hybridized carbons (Fsp3) is 0.212. The van der Waals surface area contributed by atoms with Gasteiger partial charge in [0, 0.05) is 42.8 Å². The lowest BCUT2D eigenvalue weighted by Crippen LogP contribution is -2.32. The highest BCUT2D eigenvalue weighted by Gasteiger charge is 2.18. The molecular formula is C33H33BrN2O4. The van der Waals surface area contributed by atoms with E-state index in [1.54, 1.807) is 23.1 Å². The standard InChI is InChI=1S/C33H33BrN2O4/c34-30-16-14-28(15-17-30)25-36(19-18-32(37)38)33(39)29-12-7-13-31(22-29)40-21-20-35(23-26-8-3-1-4-9-26)24-27-10-5-2-6-11-27/h1-17,22H,18-21,23-25H2,(H,37,38). The molecule has 4 aromatic carbocycles. The summed E-state index contributed by atoms with van der Waals surface area (Å²) in [5.74, 6) is -0.572. The van der Waals surface area contributed by atoms with Crippen molar-refractivity contribution in [2.45, 2.75) is 26.1 Å². The van der Waals surface area contributed by atoms with Crippen LogP contribution in [0.2, 0.25) is 0 Å². The van der Waals surface area contributed by atoms with Crippen LogP contribution in [-0.2, 0) is 24.4 Å². The second-order valence-electron chi connectivity index (χ2n) is 9.56. The summed E-state index contributed by atoms with van der Waals surface area (Å²) in [7, 11) is 0. The summed E-state index contributed by atoms with van der Waals surface area (Å²) in [5.41, 5.74) is 3.85. The minimum absolute atomic E-state index is 0.114. The van der Waals surface area contributed by atoms with Crippen molar-refractivity contribution in [1.29, 1.82) is 0 Å². The van der Waals surface area contributed by atoms with Crippen LogP contribution in [0.25, 0.3) is 0 Å². The van der Waals surface area contributed by atoms with Gasteiger partial charge in [-0.15, -0.1) is 0 Å². The highest BCUT2D eigenvalue weighted by molar-refractivity contribution is 9.10. The first-order valence-corrected chi connectivity index (χ1v) is 14.0. The van der Waals surface area contributed by atoms with E-state index < -0.39 is 5.97 Å². The Morgan fingerprint density at radius 1 is 0.700 bits per heavy atom. The maximum Gasteiger partial charge on any atom is 0.305 e. The number of nitrogens with zero attached hydrogens (tertiary/aromatic N) is 2. The van der Waals surface area contributed by atoms with Gasteiger partial charge in [-0.3, -0.25) is 14.5 Å². The topological polar surface area (TPSA) is 70.1 Å². The molecule has 0 aromatic heterocycles. The van der Waals surface area contributed by atoms with E-state index in [1.165, 1.54) is 11.1 Å². The summed E-state index contributed by atoms with van der Waals surface area (Å²) in [6.45, 7) is 3.19. The van der Waals surface area contributed by atoms with Crippen LogP contribution in [-0.4, -0.2) is 46.5 Å². The lowest BCUT2D eigenvalue weighted by Gasteiger charge is -2.23. The molecule has 0 aliphatic heterocycles. The summed E-state index contributed by atoms with van der Waals surface area (Å²) >= 11 is 3.42. The van der Waals surface area contributed by atoms with Crippen molar-refractivity contribution in [2.24, 2.45) is 0 Å². The average molecular weight is 602 g/mol. The van der Waals surface area contributed by atoms with Crippen molar-refractivity contribution in [1.82, 2.24) is 9.80 Å². The first-order valence-electron chi connectivity index (χ1n) is 13.2. The van der Waals surface area contributed by atoms with Gasteiger partial charge in [0.2, 0.25) is 0 Å². The Hall–Kier alpha value is -3.94. The molecular weight excluding hydrogens is 568 g/mol. The monoisotopic (exact) mass is 600 g/mol. The fourth-order valence-electron chi connectivity index (χ4n) is 4.38. The largest absolute Gasteiger partial charge is 0.492 e. The maximum atomic E-state index is 13.4. The molecule has 0 atom stereocenters. The Bertz CT molecular complexity index is 1320. The Morgan fingerprint density at radius 2 is 1.30 bits per heavy atom. The number of rotatable bonds is 14. The normalized spacial score (nSPS) is 10.8. The minimum atomic E-state index is -0.943. The molecule has 4 aromatic rings. The maximum absolute atomic E-state index is 13.4. The molecule has 1 N–H and O–H groups in total. The summed E-state index contributed by atoms with van der Waals surface area (Å²) in [4.78, 5) is 28.6. The summed E-state index contributed by atoms with van der Waals surface area (Å²) in [6.07, 6.45) is -0.128. The molecule has 0 saturated carbocycles. The van der Waals surface area contributed by atoms with E-state index in [1.807, 2.05) is 66.7 Å². The number of carbonyl (C=O) groups is 2. The Kier molecular flexibility index (Phi) is 10.9. The van der Waals surface area contributed by atoms with Gasteiger partial charge in [-0.25, -0.2) is 0 Å². The van der Waals surface area contributed by atoms with E-state index in [0.29, 0.717) is 31.0 Å². The molecule has 4 rings (SSSR count). The van der Waals surface area contributed by atoms with Gasteiger partial charge in [-0.1, -0.05) is 94.8 Å². The van der Waals surface area contributed by atoms with Gasteiger partial charge in [-0.2, -0.15) is 0 Å². The third-order valence-corrected chi connectivity index (χ3v) is 6.95. The first kappa shape index (κ1) is 29.1. The molecule has 6 nitrogen and oxygen atoms in total. The highest BCUT2D eigenvalue weighted by Crippen LogP contribution is 2.19. The number of carboxylic acids is 1. The van der Waals surface area contributed by atoms with Crippen molar-refractivity contribution in [3.63, 3.8) is 0 Å². The first-order chi connectivity index (χ1) is 19.5. The van der Waals surface area contributed by atoms with Crippen LogP contribution < -0.4 is 4.74 Å². The van der Waals surface area contributed by atoms with Crippen LogP contribution in [0.15, 0.2) is 114 Å². The highest BCUT2D eigenvalue weighted by atomic mass is 79.9. The number of carbonyl (C=O) groups excluding carboxylic acids is 1. The lowest BCUT2D eigenvalue weighted by molar-refractivity contribution is -0.137. The van der Waals surface area contributed by atoms with Crippen LogP contribution in [0.4, 0.5) is 0 Å². The van der Waals surface area contributed by atoms with E-state index in [0.717, 1.165) is 23.1 Å². The molecule has 0 radical (unpaired) electrons. The van der Waals surface area contributed by atoms with Crippen LogP contribution in [0, 0.1) is 0 Å². The summed E-state index contributed by atoms with van der Waals surface area (Å²) < 4.78 is 7.04.